The van der Waals surface area contributed by atoms with Gasteiger partial charge in [-0.3, -0.25) is 14.5 Å². The number of aryl methyl sites for hydroxylation is 2. The molecule has 1 amide bonds. The average Bonchev–Trinajstić information content (AvgIpc) is 3.26. The lowest BCUT2D eigenvalue weighted by atomic mass is 9.85. The van der Waals surface area contributed by atoms with Crippen LogP contribution in [-0.4, -0.2) is 53.8 Å². The minimum atomic E-state index is -0.710. The highest BCUT2D eigenvalue weighted by Gasteiger charge is 2.24. The van der Waals surface area contributed by atoms with E-state index in [0.717, 1.165) is 54.3 Å². The molecule has 1 aromatic heterocycles. The topological polar surface area (TPSA) is 132 Å². The van der Waals surface area contributed by atoms with Crippen molar-refractivity contribution < 1.29 is 4.79 Å². The molecule has 210 valence electrons. The number of hydrogen-bond donors (Lipinski definition) is 3. The molecule has 0 spiro atoms. The number of carbonyl (C=O) groups excluding carboxylic acids is 1. The number of nitrogens with one attached hydrogen (secondary N) is 1. The molecular weight excluding hydrogens is 502 g/mol. The predicted octanol–water partition coefficient (Wildman–Crippen LogP) is 3.48. The molecule has 3 aromatic rings. The second-order valence-corrected chi connectivity index (χ2v) is 11.0. The van der Waals surface area contributed by atoms with E-state index in [1.54, 1.807) is 29.2 Å². The van der Waals surface area contributed by atoms with Crippen molar-refractivity contribution in [3.05, 3.63) is 76.7 Å². The zero-order valence-corrected chi connectivity index (χ0v) is 24.2. The third-order valence-corrected chi connectivity index (χ3v) is 7.62. The van der Waals surface area contributed by atoms with Crippen LogP contribution in [0.3, 0.4) is 0 Å². The van der Waals surface area contributed by atoms with Crippen LogP contribution in [0.2, 0.25) is 0 Å². The van der Waals surface area contributed by atoms with E-state index < -0.39 is 5.41 Å². The number of nitrogens with zero attached hydrogens (tertiary/aromatic N) is 6. The molecule has 10 heteroatoms. The largest absolute Gasteiger partial charge is 0.397 e. The van der Waals surface area contributed by atoms with Crippen LogP contribution in [0.15, 0.2) is 48.8 Å². The maximum atomic E-state index is 13.4. The summed E-state index contributed by atoms with van der Waals surface area (Å²) in [6.07, 6.45) is 3.33. The van der Waals surface area contributed by atoms with Crippen molar-refractivity contribution in [1.29, 1.82) is 5.26 Å². The summed E-state index contributed by atoms with van der Waals surface area (Å²) < 4.78 is 1.75. The minimum Gasteiger partial charge on any atom is -0.397 e. The second-order valence-electron chi connectivity index (χ2n) is 11.0. The lowest BCUT2D eigenvalue weighted by Crippen LogP contribution is -2.44. The Morgan fingerprint density at radius 3 is 2.45 bits per heavy atom. The Balaban J connectivity index is 1.61. The van der Waals surface area contributed by atoms with Crippen molar-refractivity contribution in [2.24, 2.45) is 18.6 Å². The van der Waals surface area contributed by atoms with Crippen molar-refractivity contribution in [3.63, 3.8) is 0 Å². The van der Waals surface area contributed by atoms with E-state index in [4.69, 9.17) is 11.6 Å². The number of hydrogen-bond acceptors (Lipinski definition) is 8. The van der Waals surface area contributed by atoms with Crippen molar-refractivity contribution >= 4 is 28.7 Å². The Hall–Kier alpha value is -4.33. The molecule has 1 aliphatic rings. The number of piperazine rings is 1. The number of hydrazine groups is 1. The fourth-order valence-corrected chi connectivity index (χ4v) is 4.66. The highest BCUT2D eigenvalue weighted by Crippen LogP contribution is 2.31. The van der Waals surface area contributed by atoms with E-state index in [-0.39, 0.29) is 5.91 Å². The lowest BCUT2D eigenvalue weighted by molar-refractivity contribution is 0.102. The molecule has 2 aromatic carbocycles. The first-order valence-electron chi connectivity index (χ1n) is 13.3. The quantitative estimate of drug-likeness (QED) is 0.306. The number of nitrogens with two attached hydrogens (primary N) is 2. The Kier molecular flexibility index (Phi) is 8.18. The molecule has 0 bridgehead atoms. The monoisotopic (exact) mass is 541 g/mol. The Morgan fingerprint density at radius 2 is 1.82 bits per heavy atom. The van der Waals surface area contributed by atoms with Gasteiger partial charge in [0.25, 0.3) is 5.91 Å². The molecule has 0 saturated carbocycles. The smallest absolute Gasteiger partial charge is 0.255 e. The van der Waals surface area contributed by atoms with Crippen LogP contribution in [0.5, 0.6) is 0 Å². The van der Waals surface area contributed by atoms with Gasteiger partial charge < -0.3 is 20.9 Å². The number of anilines is 3. The van der Waals surface area contributed by atoms with Gasteiger partial charge in [0.2, 0.25) is 0 Å². The number of rotatable bonds is 7. The lowest BCUT2D eigenvalue weighted by Gasteiger charge is -2.35. The number of amides is 1. The summed E-state index contributed by atoms with van der Waals surface area (Å²) in [6.45, 7) is 11.3. The van der Waals surface area contributed by atoms with E-state index in [9.17, 15) is 10.1 Å². The summed E-state index contributed by atoms with van der Waals surface area (Å²) >= 11 is 0. The Labute approximate surface area is 236 Å². The zero-order valence-electron chi connectivity index (χ0n) is 24.2. The molecule has 1 fully saturated rings. The maximum Gasteiger partial charge on any atom is 0.255 e. The van der Waals surface area contributed by atoms with Crippen LogP contribution >= 0.6 is 0 Å². The second kappa shape index (κ2) is 11.4. The first-order valence-corrected chi connectivity index (χ1v) is 13.3. The highest BCUT2D eigenvalue weighted by atomic mass is 16.1. The first kappa shape index (κ1) is 28.7. The minimum absolute atomic E-state index is 0.272. The molecule has 0 radical (unpaired) electrons. The van der Waals surface area contributed by atoms with Gasteiger partial charge in [0, 0.05) is 67.6 Å². The summed E-state index contributed by atoms with van der Waals surface area (Å²) in [5, 5.41) is 18.5. The molecule has 40 heavy (non-hydrogen) atoms. The van der Waals surface area contributed by atoms with Crippen LogP contribution in [0, 0.1) is 25.2 Å². The van der Waals surface area contributed by atoms with Crippen molar-refractivity contribution in [1.82, 2.24) is 14.7 Å². The molecule has 2 heterocycles. The highest BCUT2D eigenvalue weighted by molar-refractivity contribution is 6.05. The van der Waals surface area contributed by atoms with E-state index in [1.165, 1.54) is 5.01 Å². The predicted molar refractivity (Wildman–Crippen MR) is 161 cm³/mol. The summed E-state index contributed by atoms with van der Waals surface area (Å²) in [4.78, 5) is 18.0. The van der Waals surface area contributed by atoms with Gasteiger partial charge in [-0.2, -0.15) is 10.4 Å². The van der Waals surface area contributed by atoms with Gasteiger partial charge in [0.1, 0.15) is 0 Å². The van der Waals surface area contributed by atoms with E-state index in [2.05, 4.69) is 39.4 Å². The molecule has 1 aliphatic heterocycles. The van der Waals surface area contributed by atoms with Crippen LogP contribution in [-0.2, 0) is 12.5 Å². The van der Waals surface area contributed by atoms with Crippen molar-refractivity contribution in [2.75, 3.05) is 48.5 Å². The van der Waals surface area contributed by atoms with Gasteiger partial charge in [-0.1, -0.05) is 6.07 Å². The average molecular weight is 542 g/mol. The molecule has 0 aliphatic carbocycles. The van der Waals surface area contributed by atoms with Gasteiger partial charge in [0.15, 0.2) is 0 Å². The number of nitriles is 1. The fraction of sp³-hybridized carbons (Fsp3) is 0.367. The Bertz CT molecular complexity index is 1470. The van der Waals surface area contributed by atoms with Crippen LogP contribution < -0.4 is 26.8 Å². The van der Waals surface area contributed by atoms with Gasteiger partial charge in [-0.25, -0.2) is 5.84 Å². The molecule has 0 unspecified atom stereocenters. The van der Waals surface area contributed by atoms with Crippen LogP contribution in [0.25, 0.3) is 5.70 Å². The normalized spacial score (nSPS) is 14.7. The third-order valence-electron chi connectivity index (χ3n) is 7.62. The van der Waals surface area contributed by atoms with E-state index >= 15 is 0 Å². The van der Waals surface area contributed by atoms with Crippen molar-refractivity contribution in [3.8, 4) is 6.07 Å². The number of aromatic nitrogens is 2. The summed E-state index contributed by atoms with van der Waals surface area (Å²) in [6, 6.07) is 13.7. The standard InChI is InChI=1S/C30H39N9O/c1-20-7-8-22(13-28(20)39(33)18-27(32)26-17-34-37(6)21(26)2)29(40)35-24-14-23(30(3,4)19-31)15-25(16-24)38-11-9-36(5)10-12-38/h7-8,13-18H,9-12,32-33H2,1-6H3,(H,35,40)/b27-18-. The number of carbonyl (C=O) groups is 1. The number of benzene rings is 2. The first-order chi connectivity index (χ1) is 18.9. The summed E-state index contributed by atoms with van der Waals surface area (Å²) in [5.74, 6) is 6.11. The third kappa shape index (κ3) is 6.11. The van der Waals surface area contributed by atoms with Crippen LogP contribution in [0.4, 0.5) is 17.1 Å². The Morgan fingerprint density at radius 1 is 1.12 bits per heavy atom. The molecule has 0 atom stereocenters. The van der Waals surface area contributed by atoms with E-state index in [1.807, 2.05) is 52.9 Å². The van der Waals surface area contributed by atoms with Crippen molar-refractivity contribution in [2.45, 2.75) is 33.1 Å². The van der Waals surface area contributed by atoms with Crippen LogP contribution in [0.1, 0.15) is 46.6 Å². The van der Waals surface area contributed by atoms with E-state index in [0.29, 0.717) is 22.6 Å². The van der Waals surface area contributed by atoms with Gasteiger partial charge in [-0.15, -0.1) is 0 Å². The molecular formula is C30H39N9O. The molecule has 4 rings (SSSR count). The summed E-state index contributed by atoms with van der Waals surface area (Å²) in [5.41, 5.74) is 12.3. The van der Waals surface area contributed by atoms with Gasteiger partial charge >= 0.3 is 0 Å². The SMILES string of the molecule is Cc1ccc(C(=O)Nc2cc(N3CCN(C)CC3)cc(C(C)(C)C#N)c2)cc1N(N)/C=C(\N)c1cnn(C)c1C. The molecule has 5 N–H and O–H groups in total. The molecule has 10 nitrogen and oxygen atoms in total. The number of likely N-dealkylation sites (N-methyl/N-ethyl adjacent to an activating group) is 1. The molecule has 1 saturated heterocycles. The van der Waals surface area contributed by atoms with Gasteiger partial charge in [0.05, 0.1) is 29.1 Å². The summed E-state index contributed by atoms with van der Waals surface area (Å²) in [7, 11) is 3.96. The maximum absolute atomic E-state index is 13.4. The zero-order chi connectivity index (χ0) is 29.2. The fourth-order valence-electron chi connectivity index (χ4n) is 4.66. The van der Waals surface area contributed by atoms with Gasteiger partial charge in [-0.05, 0) is 76.2 Å².